The largest absolute Gasteiger partial charge is 0.495 e. The van der Waals surface area contributed by atoms with Crippen molar-refractivity contribution in [2.45, 2.75) is 26.3 Å². The summed E-state index contributed by atoms with van der Waals surface area (Å²) in [5.74, 6) is 0.626. The van der Waals surface area contributed by atoms with Crippen LogP contribution in [0.15, 0.2) is 12.1 Å². The number of nitrogens with one attached hydrogen (secondary N) is 1. The molecule has 3 N–H and O–H groups in total. The van der Waals surface area contributed by atoms with Crippen molar-refractivity contribution < 1.29 is 9.53 Å². The number of carbonyl (C=O) groups excluding carboxylic acids is 1. The van der Waals surface area contributed by atoms with Crippen molar-refractivity contribution in [2.24, 2.45) is 0 Å². The Labute approximate surface area is 95.8 Å². The number of benzene rings is 1. The molecule has 0 saturated carbocycles. The van der Waals surface area contributed by atoms with Crippen molar-refractivity contribution in [3.63, 3.8) is 0 Å². The van der Waals surface area contributed by atoms with E-state index < -0.39 is 5.54 Å². The summed E-state index contributed by atoms with van der Waals surface area (Å²) in [4.78, 5) is 10.6. The zero-order valence-corrected chi connectivity index (χ0v) is 10.1. The van der Waals surface area contributed by atoms with Gasteiger partial charge >= 0.3 is 0 Å². The third kappa shape index (κ3) is 2.27. The van der Waals surface area contributed by atoms with Gasteiger partial charge in [0.25, 0.3) is 0 Å². The third-order valence-electron chi connectivity index (χ3n) is 2.67. The molecule has 4 heteroatoms. The summed E-state index contributed by atoms with van der Waals surface area (Å²) in [5.41, 5.74) is 7.98. The second kappa shape index (κ2) is 4.43. The minimum absolute atomic E-state index is 0.438. The van der Waals surface area contributed by atoms with Gasteiger partial charge < -0.3 is 15.8 Å². The van der Waals surface area contributed by atoms with Crippen LogP contribution in [-0.4, -0.2) is 13.5 Å². The van der Waals surface area contributed by atoms with E-state index >= 15 is 0 Å². The molecule has 88 valence electrons. The summed E-state index contributed by atoms with van der Waals surface area (Å²) in [5, 5.41) is 2.77. The van der Waals surface area contributed by atoms with E-state index in [1.54, 1.807) is 7.11 Å². The zero-order valence-electron chi connectivity index (χ0n) is 10.1. The van der Waals surface area contributed by atoms with Gasteiger partial charge in [-0.25, -0.2) is 0 Å². The zero-order chi connectivity index (χ0) is 12.3. The third-order valence-corrected chi connectivity index (χ3v) is 2.67. The van der Waals surface area contributed by atoms with Gasteiger partial charge in [-0.1, -0.05) is 0 Å². The summed E-state index contributed by atoms with van der Waals surface area (Å²) in [6.07, 6.45) is 0.697. The number of carbonyl (C=O) groups is 1. The fourth-order valence-corrected chi connectivity index (χ4v) is 1.79. The summed E-state index contributed by atoms with van der Waals surface area (Å²) >= 11 is 0. The molecule has 1 aromatic rings. The molecule has 1 rings (SSSR count). The lowest BCUT2D eigenvalue weighted by Crippen LogP contribution is -2.36. The maximum absolute atomic E-state index is 10.6. The Morgan fingerprint density at radius 2 is 2.06 bits per heavy atom. The number of hydrogen-bond acceptors (Lipinski definition) is 3. The standard InChI is InChI=1S/C12H18N2O2/c1-8-5-10(13)11(16-4)6-9(8)12(2,3)14-7-15/h5-7H,13H2,1-4H3,(H,14,15). The molecule has 4 nitrogen and oxygen atoms in total. The van der Waals surface area contributed by atoms with E-state index in [1.807, 2.05) is 32.9 Å². The van der Waals surface area contributed by atoms with Crippen molar-refractivity contribution in [3.05, 3.63) is 23.3 Å². The van der Waals surface area contributed by atoms with Crippen molar-refractivity contribution in [3.8, 4) is 5.75 Å². The predicted molar refractivity (Wildman–Crippen MR) is 64.4 cm³/mol. The molecule has 0 atom stereocenters. The Hall–Kier alpha value is -1.71. The number of anilines is 1. The maximum atomic E-state index is 10.6. The van der Waals surface area contributed by atoms with E-state index in [1.165, 1.54) is 0 Å². The lowest BCUT2D eigenvalue weighted by atomic mass is 9.90. The molecule has 0 radical (unpaired) electrons. The molecule has 0 heterocycles. The summed E-state index contributed by atoms with van der Waals surface area (Å²) in [6.45, 7) is 5.82. The fourth-order valence-electron chi connectivity index (χ4n) is 1.79. The molecule has 0 bridgehead atoms. The number of nitrogens with two attached hydrogens (primary N) is 1. The van der Waals surface area contributed by atoms with E-state index in [4.69, 9.17) is 10.5 Å². The van der Waals surface area contributed by atoms with E-state index in [-0.39, 0.29) is 0 Å². The number of ether oxygens (including phenoxy) is 1. The number of methoxy groups -OCH3 is 1. The fraction of sp³-hybridized carbons (Fsp3) is 0.417. The summed E-state index contributed by atoms with van der Waals surface area (Å²) in [7, 11) is 1.57. The Morgan fingerprint density at radius 1 is 1.44 bits per heavy atom. The van der Waals surface area contributed by atoms with Crippen LogP contribution < -0.4 is 15.8 Å². The lowest BCUT2D eigenvalue weighted by Gasteiger charge is -2.27. The molecule has 0 aliphatic heterocycles. The average molecular weight is 222 g/mol. The van der Waals surface area contributed by atoms with Gasteiger partial charge in [-0.05, 0) is 44.0 Å². The topological polar surface area (TPSA) is 64.3 Å². The van der Waals surface area contributed by atoms with E-state index in [9.17, 15) is 4.79 Å². The van der Waals surface area contributed by atoms with Crippen molar-refractivity contribution in [1.82, 2.24) is 5.32 Å². The maximum Gasteiger partial charge on any atom is 0.207 e. The van der Waals surface area contributed by atoms with E-state index in [2.05, 4.69) is 5.32 Å². The second-order valence-electron chi connectivity index (χ2n) is 4.30. The molecule has 1 amide bonds. The van der Waals surface area contributed by atoms with Gasteiger partial charge in [0.15, 0.2) is 0 Å². The number of hydrogen-bond donors (Lipinski definition) is 2. The van der Waals surface area contributed by atoms with Crippen LogP contribution in [0.4, 0.5) is 5.69 Å². The monoisotopic (exact) mass is 222 g/mol. The highest BCUT2D eigenvalue weighted by atomic mass is 16.5. The number of amides is 1. The Morgan fingerprint density at radius 3 is 2.56 bits per heavy atom. The van der Waals surface area contributed by atoms with Crippen LogP contribution in [0, 0.1) is 6.92 Å². The molecular weight excluding hydrogens is 204 g/mol. The number of nitrogen functional groups attached to an aromatic ring is 1. The van der Waals surface area contributed by atoms with Crippen LogP contribution in [0.25, 0.3) is 0 Å². The van der Waals surface area contributed by atoms with Gasteiger partial charge in [-0.2, -0.15) is 0 Å². The molecule has 1 aromatic carbocycles. The van der Waals surface area contributed by atoms with E-state index in [0.29, 0.717) is 17.8 Å². The molecule has 0 spiro atoms. The van der Waals surface area contributed by atoms with Crippen LogP contribution in [0.1, 0.15) is 25.0 Å². The quantitative estimate of drug-likeness (QED) is 0.600. The van der Waals surface area contributed by atoms with Gasteiger partial charge in [0.2, 0.25) is 6.41 Å². The van der Waals surface area contributed by atoms with Crippen LogP contribution in [0.3, 0.4) is 0 Å². The first-order chi connectivity index (χ1) is 7.42. The minimum atomic E-state index is -0.438. The van der Waals surface area contributed by atoms with E-state index in [0.717, 1.165) is 11.1 Å². The highest BCUT2D eigenvalue weighted by molar-refractivity contribution is 5.59. The predicted octanol–water partition coefficient (Wildman–Crippen LogP) is 1.57. The van der Waals surface area contributed by atoms with Gasteiger partial charge in [-0.3, -0.25) is 4.79 Å². The summed E-state index contributed by atoms with van der Waals surface area (Å²) in [6, 6.07) is 3.71. The normalized spacial score (nSPS) is 11.0. The first-order valence-corrected chi connectivity index (χ1v) is 5.08. The van der Waals surface area contributed by atoms with Gasteiger partial charge in [-0.15, -0.1) is 0 Å². The van der Waals surface area contributed by atoms with Crippen LogP contribution in [0.5, 0.6) is 5.75 Å². The Balaban J connectivity index is 3.27. The molecule has 0 unspecified atom stereocenters. The average Bonchev–Trinajstić information content (AvgIpc) is 2.17. The Bertz CT molecular complexity index is 400. The minimum Gasteiger partial charge on any atom is -0.495 e. The molecule has 0 aliphatic rings. The molecular formula is C12H18N2O2. The van der Waals surface area contributed by atoms with Gasteiger partial charge in [0.05, 0.1) is 18.3 Å². The molecule has 16 heavy (non-hydrogen) atoms. The highest BCUT2D eigenvalue weighted by Gasteiger charge is 2.22. The molecule has 0 fully saturated rings. The van der Waals surface area contributed by atoms with Crippen molar-refractivity contribution >= 4 is 12.1 Å². The first-order valence-electron chi connectivity index (χ1n) is 5.08. The first kappa shape index (κ1) is 12.4. The van der Waals surface area contributed by atoms with Crippen LogP contribution >= 0.6 is 0 Å². The summed E-state index contributed by atoms with van der Waals surface area (Å²) < 4.78 is 5.17. The van der Waals surface area contributed by atoms with Crippen LogP contribution in [0.2, 0.25) is 0 Å². The van der Waals surface area contributed by atoms with Crippen molar-refractivity contribution in [1.29, 1.82) is 0 Å². The Kier molecular flexibility index (Phi) is 3.42. The van der Waals surface area contributed by atoms with Gasteiger partial charge in [0, 0.05) is 0 Å². The lowest BCUT2D eigenvalue weighted by molar-refractivity contribution is -0.111. The van der Waals surface area contributed by atoms with Gasteiger partial charge in [0.1, 0.15) is 5.75 Å². The second-order valence-corrected chi connectivity index (χ2v) is 4.30. The SMILES string of the molecule is COc1cc(C(C)(C)NC=O)c(C)cc1N. The van der Waals surface area contributed by atoms with Crippen LogP contribution in [-0.2, 0) is 10.3 Å². The molecule has 0 aromatic heterocycles. The smallest absolute Gasteiger partial charge is 0.207 e. The number of rotatable bonds is 4. The molecule has 0 aliphatic carbocycles. The highest BCUT2D eigenvalue weighted by Crippen LogP contribution is 2.31. The van der Waals surface area contributed by atoms with Crippen molar-refractivity contribution in [2.75, 3.05) is 12.8 Å². The number of aryl methyl sites for hydroxylation is 1. The molecule has 0 saturated heterocycles.